The third kappa shape index (κ3) is 4.45. The van der Waals surface area contributed by atoms with E-state index in [1.54, 1.807) is 23.2 Å². The summed E-state index contributed by atoms with van der Waals surface area (Å²) < 4.78 is 0. The molecule has 0 aliphatic carbocycles. The second kappa shape index (κ2) is 7.24. The average Bonchev–Trinajstić information content (AvgIpc) is 2.51. The lowest BCUT2D eigenvalue weighted by Crippen LogP contribution is -2.28. The number of anilines is 1. The van der Waals surface area contributed by atoms with Crippen molar-refractivity contribution in [2.75, 3.05) is 12.3 Å². The molecule has 0 atom stereocenters. The minimum absolute atomic E-state index is 0.0365. The number of carbonyl (C=O) groups is 1. The van der Waals surface area contributed by atoms with Crippen LogP contribution < -0.4 is 5.73 Å². The Morgan fingerprint density at radius 2 is 2.14 bits per heavy atom. The predicted octanol–water partition coefficient (Wildman–Crippen LogP) is 2.73. The Morgan fingerprint density at radius 3 is 2.81 bits per heavy atom. The number of aromatic nitrogens is 1. The molecule has 21 heavy (non-hydrogen) atoms. The molecule has 0 bridgehead atoms. The maximum atomic E-state index is 12.2. The van der Waals surface area contributed by atoms with Crippen LogP contribution in [0.25, 0.3) is 6.08 Å². The van der Waals surface area contributed by atoms with Gasteiger partial charge in [-0.05, 0) is 42.8 Å². The van der Waals surface area contributed by atoms with Crippen molar-refractivity contribution in [2.45, 2.75) is 13.5 Å². The monoisotopic (exact) mass is 281 g/mol. The van der Waals surface area contributed by atoms with E-state index in [1.165, 1.54) is 0 Å². The summed E-state index contributed by atoms with van der Waals surface area (Å²) in [6, 6.07) is 13.1. The van der Waals surface area contributed by atoms with Crippen LogP contribution >= 0.6 is 0 Å². The number of likely N-dealkylation sites (N-methyl/N-ethyl adjacent to an activating group) is 1. The van der Waals surface area contributed by atoms with E-state index in [9.17, 15) is 4.79 Å². The lowest BCUT2D eigenvalue weighted by atomic mass is 10.2. The third-order valence-corrected chi connectivity index (χ3v) is 3.10. The first-order valence-electron chi connectivity index (χ1n) is 6.91. The normalized spacial score (nSPS) is 10.7. The molecule has 1 aromatic carbocycles. The number of carbonyl (C=O) groups excluding carboxylic acids is 1. The smallest absolute Gasteiger partial charge is 0.246 e. The van der Waals surface area contributed by atoms with Crippen LogP contribution in [-0.4, -0.2) is 22.3 Å². The van der Waals surface area contributed by atoms with Crippen LogP contribution in [0.4, 0.5) is 5.69 Å². The van der Waals surface area contributed by atoms with Gasteiger partial charge in [0.05, 0.1) is 12.2 Å². The number of hydrogen-bond donors (Lipinski definition) is 1. The van der Waals surface area contributed by atoms with Crippen LogP contribution in [0.5, 0.6) is 0 Å². The van der Waals surface area contributed by atoms with E-state index >= 15 is 0 Å². The highest BCUT2D eigenvalue weighted by Gasteiger charge is 2.09. The van der Waals surface area contributed by atoms with Crippen molar-refractivity contribution >= 4 is 17.7 Å². The summed E-state index contributed by atoms with van der Waals surface area (Å²) in [5, 5.41) is 0. The fourth-order valence-electron chi connectivity index (χ4n) is 1.97. The molecule has 0 unspecified atom stereocenters. The molecule has 108 valence electrons. The van der Waals surface area contributed by atoms with E-state index in [-0.39, 0.29) is 5.91 Å². The second-order valence-corrected chi connectivity index (χ2v) is 4.68. The van der Waals surface area contributed by atoms with E-state index in [1.807, 2.05) is 49.4 Å². The number of benzene rings is 1. The number of hydrogen-bond acceptors (Lipinski definition) is 3. The average molecular weight is 281 g/mol. The largest absolute Gasteiger partial charge is 0.399 e. The van der Waals surface area contributed by atoms with Crippen molar-refractivity contribution in [3.63, 3.8) is 0 Å². The van der Waals surface area contributed by atoms with Crippen molar-refractivity contribution in [3.05, 3.63) is 66.0 Å². The maximum absolute atomic E-state index is 12.2. The van der Waals surface area contributed by atoms with E-state index in [0.29, 0.717) is 18.8 Å². The van der Waals surface area contributed by atoms with Gasteiger partial charge in [0.25, 0.3) is 0 Å². The predicted molar refractivity (Wildman–Crippen MR) is 85.2 cm³/mol. The molecule has 0 fully saturated rings. The van der Waals surface area contributed by atoms with Crippen molar-refractivity contribution in [3.8, 4) is 0 Å². The number of rotatable bonds is 5. The van der Waals surface area contributed by atoms with Gasteiger partial charge < -0.3 is 10.6 Å². The number of nitrogens with zero attached hydrogens (tertiary/aromatic N) is 2. The molecule has 1 aromatic heterocycles. The third-order valence-electron chi connectivity index (χ3n) is 3.10. The standard InChI is InChI=1S/C17H19N3O/c1-2-20(13-16-8-3-4-11-19-16)17(21)10-9-14-6-5-7-15(18)12-14/h3-12H,2,13,18H2,1H3/b10-9+. The molecule has 0 radical (unpaired) electrons. The molecule has 2 rings (SSSR count). The highest BCUT2D eigenvalue weighted by molar-refractivity contribution is 5.91. The van der Waals surface area contributed by atoms with Gasteiger partial charge in [0.15, 0.2) is 0 Å². The molecule has 0 spiro atoms. The van der Waals surface area contributed by atoms with Crippen molar-refractivity contribution in [1.29, 1.82) is 0 Å². The van der Waals surface area contributed by atoms with Gasteiger partial charge in [0.2, 0.25) is 5.91 Å². The molecule has 4 nitrogen and oxygen atoms in total. The lowest BCUT2D eigenvalue weighted by molar-refractivity contribution is -0.126. The summed E-state index contributed by atoms with van der Waals surface area (Å²) in [6.45, 7) is 3.10. The maximum Gasteiger partial charge on any atom is 0.246 e. The Kier molecular flexibility index (Phi) is 5.10. The van der Waals surface area contributed by atoms with Gasteiger partial charge in [0, 0.05) is 24.5 Å². The SMILES string of the molecule is CCN(Cc1ccccn1)C(=O)/C=C/c1cccc(N)c1. The van der Waals surface area contributed by atoms with Crippen LogP contribution in [0.2, 0.25) is 0 Å². The molecule has 1 amide bonds. The van der Waals surface area contributed by atoms with E-state index in [4.69, 9.17) is 5.73 Å². The quantitative estimate of drug-likeness (QED) is 0.677. The van der Waals surface area contributed by atoms with Crippen LogP contribution in [0.3, 0.4) is 0 Å². The molecule has 4 heteroatoms. The minimum atomic E-state index is -0.0365. The molecule has 1 heterocycles. The molecule has 0 saturated heterocycles. The Balaban J connectivity index is 2.03. The second-order valence-electron chi connectivity index (χ2n) is 4.68. The summed E-state index contributed by atoms with van der Waals surface area (Å²) in [5.74, 6) is -0.0365. The van der Waals surface area contributed by atoms with Crippen LogP contribution in [-0.2, 0) is 11.3 Å². The van der Waals surface area contributed by atoms with Gasteiger partial charge in [-0.15, -0.1) is 0 Å². The van der Waals surface area contributed by atoms with Gasteiger partial charge >= 0.3 is 0 Å². The highest BCUT2D eigenvalue weighted by atomic mass is 16.2. The van der Waals surface area contributed by atoms with Gasteiger partial charge in [-0.3, -0.25) is 9.78 Å². The zero-order valence-electron chi connectivity index (χ0n) is 12.1. The number of amides is 1. The Hall–Kier alpha value is -2.62. The molecule has 0 aliphatic rings. The van der Waals surface area contributed by atoms with Crippen LogP contribution in [0.15, 0.2) is 54.7 Å². The van der Waals surface area contributed by atoms with Crippen LogP contribution in [0.1, 0.15) is 18.2 Å². The van der Waals surface area contributed by atoms with Crippen molar-refractivity contribution in [2.24, 2.45) is 0 Å². The van der Waals surface area contributed by atoms with E-state index < -0.39 is 0 Å². The van der Waals surface area contributed by atoms with Crippen molar-refractivity contribution in [1.82, 2.24) is 9.88 Å². The van der Waals surface area contributed by atoms with Gasteiger partial charge in [-0.25, -0.2) is 0 Å². The summed E-state index contributed by atoms with van der Waals surface area (Å²) in [5.41, 5.74) is 8.20. The van der Waals surface area contributed by atoms with E-state index in [2.05, 4.69) is 4.98 Å². The first kappa shape index (κ1) is 14.8. The fraction of sp³-hybridized carbons (Fsp3) is 0.176. The summed E-state index contributed by atoms with van der Waals surface area (Å²) in [7, 11) is 0. The fourth-order valence-corrected chi connectivity index (χ4v) is 1.97. The lowest BCUT2D eigenvalue weighted by Gasteiger charge is -2.18. The Labute approximate surface area is 124 Å². The highest BCUT2D eigenvalue weighted by Crippen LogP contribution is 2.09. The molecule has 0 saturated carbocycles. The Bertz CT molecular complexity index is 623. The summed E-state index contributed by atoms with van der Waals surface area (Å²) in [4.78, 5) is 18.2. The first-order chi connectivity index (χ1) is 10.2. The molecule has 2 aromatic rings. The van der Waals surface area contributed by atoms with Crippen LogP contribution in [0, 0.1) is 0 Å². The summed E-state index contributed by atoms with van der Waals surface area (Å²) in [6.07, 6.45) is 5.08. The van der Waals surface area contributed by atoms with Gasteiger partial charge in [-0.2, -0.15) is 0 Å². The van der Waals surface area contributed by atoms with Gasteiger partial charge in [0.1, 0.15) is 0 Å². The molecule has 0 aliphatic heterocycles. The van der Waals surface area contributed by atoms with E-state index in [0.717, 1.165) is 11.3 Å². The number of pyridine rings is 1. The zero-order valence-corrected chi connectivity index (χ0v) is 12.1. The molecular formula is C17H19N3O. The topological polar surface area (TPSA) is 59.2 Å². The number of nitrogens with two attached hydrogens (primary N) is 1. The zero-order chi connectivity index (χ0) is 15.1. The summed E-state index contributed by atoms with van der Waals surface area (Å²) >= 11 is 0. The Morgan fingerprint density at radius 1 is 1.29 bits per heavy atom. The number of nitrogen functional groups attached to an aromatic ring is 1. The van der Waals surface area contributed by atoms with Gasteiger partial charge in [-0.1, -0.05) is 18.2 Å². The minimum Gasteiger partial charge on any atom is -0.399 e. The first-order valence-corrected chi connectivity index (χ1v) is 6.91. The van der Waals surface area contributed by atoms with Crippen molar-refractivity contribution < 1.29 is 4.79 Å². The molecular weight excluding hydrogens is 262 g/mol. The molecule has 2 N–H and O–H groups in total.